The maximum Gasteiger partial charge on any atom is 0.264 e. The fourth-order valence-electron chi connectivity index (χ4n) is 4.53. The average molecular weight is 511 g/mol. The Morgan fingerprint density at radius 2 is 1.69 bits per heavy atom. The SMILES string of the molecule is Cc1ccc(S(=O)(=O)N(CC(=O)NC(C)c2ccc3c(c2)CCCC3)c2cccc(Cl)c2C)cc1. The first-order valence-corrected chi connectivity index (χ1v) is 13.7. The van der Waals surface area contributed by atoms with Crippen molar-refractivity contribution < 1.29 is 13.2 Å². The predicted molar refractivity (Wildman–Crippen MR) is 142 cm³/mol. The van der Waals surface area contributed by atoms with Crippen LogP contribution in [0.2, 0.25) is 5.02 Å². The number of anilines is 1. The zero-order valence-electron chi connectivity index (χ0n) is 20.3. The molecule has 0 saturated heterocycles. The van der Waals surface area contributed by atoms with Crippen LogP contribution in [-0.2, 0) is 27.7 Å². The molecule has 3 aromatic carbocycles. The number of nitrogens with zero attached hydrogens (tertiary/aromatic N) is 1. The van der Waals surface area contributed by atoms with Gasteiger partial charge in [0.2, 0.25) is 5.91 Å². The van der Waals surface area contributed by atoms with Crippen molar-refractivity contribution in [2.45, 2.75) is 57.4 Å². The minimum atomic E-state index is -4.00. The maximum atomic E-state index is 13.7. The molecule has 1 aliphatic rings. The third-order valence-electron chi connectivity index (χ3n) is 6.65. The van der Waals surface area contributed by atoms with Gasteiger partial charge in [0.25, 0.3) is 10.0 Å². The van der Waals surface area contributed by atoms with E-state index in [1.165, 1.54) is 24.0 Å². The van der Waals surface area contributed by atoms with E-state index in [4.69, 9.17) is 11.6 Å². The molecule has 0 spiro atoms. The molecule has 0 bridgehead atoms. The van der Waals surface area contributed by atoms with Gasteiger partial charge < -0.3 is 5.32 Å². The van der Waals surface area contributed by atoms with Crippen LogP contribution in [-0.4, -0.2) is 20.9 Å². The van der Waals surface area contributed by atoms with Crippen LogP contribution >= 0.6 is 11.6 Å². The smallest absolute Gasteiger partial charge is 0.264 e. The number of carbonyl (C=O) groups is 1. The number of benzene rings is 3. The van der Waals surface area contributed by atoms with Crippen LogP contribution in [0.4, 0.5) is 5.69 Å². The van der Waals surface area contributed by atoms with E-state index in [0.29, 0.717) is 16.3 Å². The fourth-order valence-corrected chi connectivity index (χ4v) is 6.17. The largest absolute Gasteiger partial charge is 0.348 e. The van der Waals surface area contributed by atoms with Gasteiger partial charge >= 0.3 is 0 Å². The summed E-state index contributed by atoms with van der Waals surface area (Å²) in [7, 11) is -4.00. The highest BCUT2D eigenvalue weighted by molar-refractivity contribution is 7.92. The van der Waals surface area contributed by atoms with Crippen LogP contribution in [0.25, 0.3) is 0 Å². The summed E-state index contributed by atoms with van der Waals surface area (Å²) >= 11 is 6.31. The van der Waals surface area contributed by atoms with E-state index in [1.54, 1.807) is 49.4 Å². The summed E-state index contributed by atoms with van der Waals surface area (Å²) in [5, 5.41) is 3.43. The zero-order valence-corrected chi connectivity index (χ0v) is 21.9. The molecule has 1 atom stereocenters. The van der Waals surface area contributed by atoms with Gasteiger partial charge in [-0.2, -0.15) is 0 Å². The lowest BCUT2D eigenvalue weighted by molar-refractivity contribution is -0.120. The van der Waals surface area contributed by atoms with Crippen molar-refractivity contribution >= 4 is 33.2 Å². The molecule has 5 nitrogen and oxygen atoms in total. The van der Waals surface area contributed by atoms with Crippen molar-refractivity contribution in [3.63, 3.8) is 0 Å². The zero-order chi connectivity index (χ0) is 25.2. The molecule has 1 unspecified atom stereocenters. The van der Waals surface area contributed by atoms with Crippen molar-refractivity contribution in [3.8, 4) is 0 Å². The molecule has 1 aliphatic carbocycles. The van der Waals surface area contributed by atoms with Crippen molar-refractivity contribution in [2.24, 2.45) is 0 Å². The molecule has 0 radical (unpaired) electrons. The summed E-state index contributed by atoms with van der Waals surface area (Å²) in [6, 6.07) is 17.8. The molecule has 0 heterocycles. The first-order valence-electron chi connectivity index (χ1n) is 11.9. The van der Waals surface area contributed by atoms with Gasteiger partial charge in [-0.25, -0.2) is 8.42 Å². The second-order valence-electron chi connectivity index (χ2n) is 9.23. The van der Waals surface area contributed by atoms with Crippen molar-refractivity contribution in [3.05, 3.63) is 93.5 Å². The van der Waals surface area contributed by atoms with Crippen LogP contribution < -0.4 is 9.62 Å². The number of hydrogen-bond donors (Lipinski definition) is 1. The average Bonchev–Trinajstić information content (AvgIpc) is 2.84. The number of sulfonamides is 1. The van der Waals surface area contributed by atoms with E-state index in [2.05, 4.69) is 23.5 Å². The molecule has 3 aromatic rings. The summed E-state index contributed by atoms with van der Waals surface area (Å²) < 4.78 is 28.5. The Balaban J connectivity index is 1.61. The van der Waals surface area contributed by atoms with Gasteiger partial charge in [0.05, 0.1) is 16.6 Å². The topological polar surface area (TPSA) is 66.5 Å². The fraction of sp³-hybridized carbons (Fsp3) is 0.321. The van der Waals surface area contributed by atoms with Crippen LogP contribution in [0.15, 0.2) is 65.6 Å². The van der Waals surface area contributed by atoms with Gasteiger partial charge in [0.1, 0.15) is 6.54 Å². The Morgan fingerprint density at radius 1 is 1.00 bits per heavy atom. The van der Waals surface area contributed by atoms with Gasteiger partial charge in [-0.05, 0) is 93.0 Å². The molecule has 0 saturated carbocycles. The highest BCUT2D eigenvalue weighted by atomic mass is 35.5. The Bertz CT molecular complexity index is 1340. The standard InChI is InChI=1S/C28H31ClN2O3S/c1-19-11-15-25(16-12-19)35(33,34)31(27-10-6-9-26(29)20(27)2)18-28(32)30-21(3)23-14-13-22-7-4-5-8-24(22)17-23/h6,9-17,21H,4-5,7-8,18H2,1-3H3,(H,30,32). The predicted octanol–water partition coefficient (Wildman–Crippen LogP) is 5.91. The van der Waals surface area contributed by atoms with Gasteiger partial charge in [0, 0.05) is 5.02 Å². The van der Waals surface area contributed by atoms with Crippen molar-refractivity contribution in [2.75, 3.05) is 10.8 Å². The molecule has 0 fully saturated rings. The Hall–Kier alpha value is -2.83. The van der Waals surface area contributed by atoms with Crippen molar-refractivity contribution in [1.82, 2.24) is 5.32 Å². The number of hydrogen-bond acceptors (Lipinski definition) is 3. The molecule has 4 rings (SSSR count). The molecule has 0 aliphatic heterocycles. The number of rotatable bonds is 7. The number of carbonyl (C=O) groups excluding carboxylic acids is 1. The second-order valence-corrected chi connectivity index (χ2v) is 11.5. The monoisotopic (exact) mass is 510 g/mol. The van der Waals surface area contributed by atoms with Gasteiger partial charge in [0.15, 0.2) is 0 Å². The van der Waals surface area contributed by atoms with E-state index < -0.39 is 10.0 Å². The minimum absolute atomic E-state index is 0.123. The maximum absolute atomic E-state index is 13.7. The highest BCUT2D eigenvalue weighted by Crippen LogP contribution is 2.31. The van der Waals surface area contributed by atoms with Crippen LogP contribution in [0.5, 0.6) is 0 Å². The first-order chi connectivity index (χ1) is 16.7. The molecule has 1 amide bonds. The number of amides is 1. The second kappa shape index (κ2) is 10.4. The number of fused-ring (bicyclic) bond motifs is 1. The summed E-state index contributed by atoms with van der Waals surface area (Å²) in [5.41, 5.74) is 5.67. The molecule has 7 heteroatoms. The lowest BCUT2D eigenvalue weighted by Crippen LogP contribution is -2.42. The van der Waals surface area contributed by atoms with Gasteiger partial charge in [-0.3, -0.25) is 9.10 Å². The summed E-state index contributed by atoms with van der Waals surface area (Å²) in [6.45, 7) is 5.21. The van der Waals surface area contributed by atoms with E-state index in [0.717, 1.165) is 28.3 Å². The van der Waals surface area contributed by atoms with Crippen LogP contribution in [0.1, 0.15) is 53.6 Å². The number of nitrogens with one attached hydrogen (secondary N) is 1. The summed E-state index contributed by atoms with van der Waals surface area (Å²) in [5.74, 6) is -0.384. The third-order valence-corrected chi connectivity index (χ3v) is 8.84. The lowest BCUT2D eigenvalue weighted by atomic mass is 9.89. The third kappa shape index (κ3) is 5.54. The molecular weight excluding hydrogens is 480 g/mol. The molecule has 184 valence electrons. The van der Waals surface area contributed by atoms with E-state index in [9.17, 15) is 13.2 Å². The lowest BCUT2D eigenvalue weighted by Gasteiger charge is -2.27. The van der Waals surface area contributed by atoms with Crippen LogP contribution in [0, 0.1) is 13.8 Å². The molecule has 0 aromatic heterocycles. The van der Waals surface area contributed by atoms with Gasteiger partial charge in [-0.1, -0.05) is 53.6 Å². The van der Waals surface area contributed by atoms with Crippen molar-refractivity contribution in [1.29, 1.82) is 0 Å². The summed E-state index contributed by atoms with van der Waals surface area (Å²) in [6.07, 6.45) is 4.55. The molecular formula is C28H31ClN2O3S. The first kappa shape index (κ1) is 25.3. The Kier molecular flexibility index (Phi) is 7.53. The quantitative estimate of drug-likeness (QED) is 0.429. The van der Waals surface area contributed by atoms with Gasteiger partial charge in [-0.15, -0.1) is 0 Å². The molecule has 35 heavy (non-hydrogen) atoms. The normalized spacial score (nSPS) is 14.2. The Labute approximate surface area is 213 Å². The van der Waals surface area contributed by atoms with Crippen LogP contribution in [0.3, 0.4) is 0 Å². The van der Waals surface area contributed by atoms with E-state index in [1.807, 2.05) is 13.8 Å². The number of halogens is 1. The minimum Gasteiger partial charge on any atom is -0.348 e. The number of aryl methyl sites for hydroxylation is 3. The molecule has 1 N–H and O–H groups in total. The summed E-state index contributed by atoms with van der Waals surface area (Å²) in [4.78, 5) is 13.3. The van der Waals surface area contributed by atoms with E-state index in [-0.39, 0.29) is 23.4 Å². The van der Waals surface area contributed by atoms with E-state index >= 15 is 0 Å². The highest BCUT2D eigenvalue weighted by Gasteiger charge is 2.29. The Morgan fingerprint density at radius 3 is 2.40 bits per heavy atom.